The molecule has 5 heteroatoms. The molecule has 0 heterocycles. The standard InChI is InChI=1S/C20H15F2N3/c21-16-5-1-14(2-6-16)12-24-18-9-10-20(19(23)11-18)25-13-15-3-7-17(22)8-4-15/h1-13H,23H2. The third kappa shape index (κ3) is 4.57. The van der Waals surface area contributed by atoms with Crippen molar-refractivity contribution in [3.63, 3.8) is 0 Å². The molecule has 3 aromatic carbocycles. The van der Waals surface area contributed by atoms with E-state index in [1.165, 1.54) is 24.3 Å². The van der Waals surface area contributed by atoms with Crippen molar-refractivity contribution in [2.75, 3.05) is 5.73 Å². The van der Waals surface area contributed by atoms with Crippen molar-refractivity contribution >= 4 is 29.5 Å². The van der Waals surface area contributed by atoms with E-state index in [1.807, 2.05) is 0 Å². The molecule has 124 valence electrons. The number of nitrogens with zero attached hydrogens (tertiary/aromatic N) is 2. The fourth-order valence-electron chi connectivity index (χ4n) is 2.13. The van der Waals surface area contributed by atoms with Crippen molar-refractivity contribution in [3.8, 4) is 0 Å². The third-order valence-corrected chi connectivity index (χ3v) is 3.47. The van der Waals surface area contributed by atoms with Crippen LogP contribution in [0.15, 0.2) is 76.7 Å². The molecule has 0 aliphatic heterocycles. The van der Waals surface area contributed by atoms with Gasteiger partial charge in [0.1, 0.15) is 11.6 Å². The largest absolute Gasteiger partial charge is 0.397 e. The summed E-state index contributed by atoms with van der Waals surface area (Å²) in [5, 5.41) is 0. The fraction of sp³-hybridized carbons (Fsp3) is 0. The Balaban J connectivity index is 1.74. The first-order valence-electron chi connectivity index (χ1n) is 7.59. The first-order valence-corrected chi connectivity index (χ1v) is 7.59. The van der Waals surface area contributed by atoms with Gasteiger partial charge in [-0.25, -0.2) is 8.78 Å². The normalized spacial score (nSPS) is 11.4. The lowest BCUT2D eigenvalue weighted by Gasteiger charge is -2.02. The van der Waals surface area contributed by atoms with E-state index < -0.39 is 0 Å². The molecule has 0 spiro atoms. The number of hydrogen-bond donors (Lipinski definition) is 1. The number of aliphatic imine (C=N–C) groups is 2. The van der Waals surface area contributed by atoms with Gasteiger partial charge in [0.25, 0.3) is 0 Å². The topological polar surface area (TPSA) is 50.7 Å². The molecule has 0 atom stereocenters. The van der Waals surface area contributed by atoms with Gasteiger partial charge in [-0.1, -0.05) is 24.3 Å². The number of hydrogen-bond acceptors (Lipinski definition) is 3. The molecule has 3 nitrogen and oxygen atoms in total. The minimum absolute atomic E-state index is 0.287. The Labute approximate surface area is 144 Å². The van der Waals surface area contributed by atoms with Crippen LogP contribution < -0.4 is 5.73 Å². The molecule has 25 heavy (non-hydrogen) atoms. The number of nitrogens with two attached hydrogens (primary N) is 1. The van der Waals surface area contributed by atoms with Gasteiger partial charge in [-0.2, -0.15) is 0 Å². The highest BCUT2D eigenvalue weighted by Gasteiger charge is 1.99. The lowest BCUT2D eigenvalue weighted by molar-refractivity contribution is 0.627. The molecule has 3 aromatic rings. The predicted molar refractivity (Wildman–Crippen MR) is 98.2 cm³/mol. The first-order chi connectivity index (χ1) is 12.1. The van der Waals surface area contributed by atoms with Crippen LogP contribution in [0.1, 0.15) is 11.1 Å². The van der Waals surface area contributed by atoms with Crippen LogP contribution in [0.25, 0.3) is 0 Å². The number of nitrogen functional groups attached to an aromatic ring is 1. The molecule has 3 rings (SSSR count). The van der Waals surface area contributed by atoms with Crippen LogP contribution in [0.2, 0.25) is 0 Å². The van der Waals surface area contributed by atoms with Gasteiger partial charge in [-0.3, -0.25) is 9.98 Å². The van der Waals surface area contributed by atoms with Gasteiger partial charge in [-0.05, 0) is 53.6 Å². The van der Waals surface area contributed by atoms with Gasteiger partial charge in [-0.15, -0.1) is 0 Å². The van der Waals surface area contributed by atoms with Gasteiger partial charge in [0.05, 0.1) is 17.1 Å². The second-order valence-electron chi connectivity index (χ2n) is 5.36. The Morgan fingerprint density at radius 3 is 1.72 bits per heavy atom. The quantitative estimate of drug-likeness (QED) is 0.526. The molecule has 2 N–H and O–H groups in total. The molecule has 0 fully saturated rings. The number of anilines is 1. The second kappa shape index (κ2) is 7.49. The SMILES string of the molecule is Nc1cc(N=Cc2ccc(F)cc2)ccc1N=Cc1ccc(F)cc1. The molecule has 0 aromatic heterocycles. The Morgan fingerprint density at radius 1 is 0.680 bits per heavy atom. The summed E-state index contributed by atoms with van der Waals surface area (Å²) in [6.45, 7) is 0. The van der Waals surface area contributed by atoms with Gasteiger partial charge < -0.3 is 5.73 Å². The van der Waals surface area contributed by atoms with Crippen molar-refractivity contribution < 1.29 is 8.78 Å². The average Bonchev–Trinajstić information content (AvgIpc) is 2.62. The Morgan fingerprint density at radius 2 is 1.20 bits per heavy atom. The zero-order chi connectivity index (χ0) is 17.6. The summed E-state index contributed by atoms with van der Waals surface area (Å²) in [6.07, 6.45) is 3.25. The van der Waals surface area contributed by atoms with Crippen LogP contribution in [-0.4, -0.2) is 12.4 Å². The Kier molecular flexibility index (Phi) is 4.95. The van der Waals surface area contributed by atoms with Crippen LogP contribution >= 0.6 is 0 Å². The molecule has 0 saturated carbocycles. The highest BCUT2D eigenvalue weighted by Crippen LogP contribution is 2.27. The molecular weight excluding hydrogens is 320 g/mol. The van der Waals surface area contributed by atoms with Crippen LogP contribution in [0.5, 0.6) is 0 Å². The van der Waals surface area contributed by atoms with Crippen LogP contribution in [0, 0.1) is 11.6 Å². The van der Waals surface area contributed by atoms with Crippen molar-refractivity contribution in [1.82, 2.24) is 0 Å². The molecule has 0 radical (unpaired) electrons. The van der Waals surface area contributed by atoms with E-state index >= 15 is 0 Å². The van der Waals surface area contributed by atoms with E-state index in [-0.39, 0.29) is 11.6 Å². The molecule has 0 aliphatic rings. The van der Waals surface area contributed by atoms with Gasteiger partial charge >= 0.3 is 0 Å². The summed E-state index contributed by atoms with van der Waals surface area (Å²) in [7, 11) is 0. The summed E-state index contributed by atoms with van der Waals surface area (Å²) in [6, 6.07) is 17.3. The highest BCUT2D eigenvalue weighted by molar-refractivity contribution is 5.85. The van der Waals surface area contributed by atoms with Crippen LogP contribution in [-0.2, 0) is 0 Å². The second-order valence-corrected chi connectivity index (χ2v) is 5.36. The van der Waals surface area contributed by atoms with E-state index in [4.69, 9.17) is 5.73 Å². The maximum absolute atomic E-state index is 12.9. The smallest absolute Gasteiger partial charge is 0.123 e. The van der Waals surface area contributed by atoms with E-state index in [9.17, 15) is 8.78 Å². The van der Waals surface area contributed by atoms with Gasteiger partial charge in [0.15, 0.2) is 0 Å². The lowest BCUT2D eigenvalue weighted by atomic mass is 10.2. The molecule has 0 amide bonds. The minimum atomic E-state index is -0.292. The summed E-state index contributed by atoms with van der Waals surface area (Å²) >= 11 is 0. The highest BCUT2D eigenvalue weighted by atomic mass is 19.1. The predicted octanol–water partition coefficient (Wildman–Crippen LogP) is 5.05. The maximum Gasteiger partial charge on any atom is 0.123 e. The van der Waals surface area contributed by atoms with E-state index in [1.54, 1.807) is 54.9 Å². The molecule has 0 unspecified atom stereocenters. The zero-order valence-electron chi connectivity index (χ0n) is 13.2. The van der Waals surface area contributed by atoms with Crippen molar-refractivity contribution in [2.24, 2.45) is 9.98 Å². The number of halogens is 2. The van der Waals surface area contributed by atoms with Crippen molar-refractivity contribution in [1.29, 1.82) is 0 Å². The van der Waals surface area contributed by atoms with Crippen molar-refractivity contribution in [2.45, 2.75) is 0 Å². The zero-order valence-corrected chi connectivity index (χ0v) is 13.2. The van der Waals surface area contributed by atoms with Gasteiger partial charge in [0.2, 0.25) is 0 Å². The summed E-state index contributed by atoms with van der Waals surface area (Å²) in [5.41, 5.74) is 9.32. The first kappa shape index (κ1) is 16.5. The van der Waals surface area contributed by atoms with E-state index in [0.29, 0.717) is 17.1 Å². The Bertz CT molecular complexity index is 915. The van der Waals surface area contributed by atoms with Crippen LogP contribution in [0.3, 0.4) is 0 Å². The lowest BCUT2D eigenvalue weighted by Crippen LogP contribution is -1.87. The fourth-order valence-corrected chi connectivity index (χ4v) is 2.13. The molecular formula is C20H15F2N3. The van der Waals surface area contributed by atoms with Crippen molar-refractivity contribution in [3.05, 3.63) is 89.5 Å². The molecule has 0 saturated heterocycles. The summed E-state index contributed by atoms with van der Waals surface area (Å²) in [4.78, 5) is 8.62. The maximum atomic E-state index is 12.9. The monoisotopic (exact) mass is 335 g/mol. The molecule has 0 bridgehead atoms. The summed E-state index contributed by atoms with van der Waals surface area (Å²) in [5.74, 6) is -0.579. The van der Waals surface area contributed by atoms with Crippen LogP contribution in [0.4, 0.5) is 25.8 Å². The van der Waals surface area contributed by atoms with E-state index in [2.05, 4.69) is 9.98 Å². The third-order valence-electron chi connectivity index (χ3n) is 3.47. The Hall–Kier alpha value is -3.34. The minimum Gasteiger partial charge on any atom is -0.397 e. The number of rotatable bonds is 4. The van der Waals surface area contributed by atoms with Gasteiger partial charge in [0, 0.05) is 12.4 Å². The summed E-state index contributed by atoms with van der Waals surface area (Å²) < 4.78 is 25.7. The van der Waals surface area contributed by atoms with E-state index in [0.717, 1.165) is 11.1 Å². The number of benzene rings is 3. The molecule has 0 aliphatic carbocycles. The average molecular weight is 335 g/mol.